The van der Waals surface area contributed by atoms with Gasteiger partial charge in [-0.1, -0.05) is 99.5 Å². The minimum Gasteiger partial charge on any atom is -0.392 e. The molecular weight excluding hydrogens is 596 g/mol. The average molecular weight is 645 g/mol. The first kappa shape index (κ1) is 32.6. The molecular formula is C42H48N2O4. The van der Waals surface area contributed by atoms with Gasteiger partial charge >= 0.3 is 0 Å². The molecule has 0 saturated heterocycles. The third-order valence-corrected chi connectivity index (χ3v) is 10.9. The lowest BCUT2D eigenvalue weighted by Crippen LogP contribution is -2.53. The monoisotopic (exact) mass is 644 g/mol. The van der Waals surface area contributed by atoms with E-state index in [4.69, 9.17) is 0 Å². The Morgan fingerprint density at radius 1 is 0.562 bits per heavy atom. The van der Waals surface area contributed by atoms with Crippen molar-refractivity contribution in [3.63, 3.8) is 0 Å². The number of aliphatic hydroxyl groups is 4. The zero-order valence-corrected chi connectivity index (χ0v) is 27.9. The molecule has 0 radical (unpaired) electrons. The highest BCUT2D eigenvalue weighted by Gasteiger charge is 2.51. The van der Waals surface area contributed by atoms with Gasteiger partial charge in [0.1, 0.15) is 0 Å². The normalized spacial score (nSPS) is 30.6. The third kappa shape index (κ3) is 5.85. The highest BCUT2D eigenvalue weighted by molar-refractivity contribution is 5.87. The minimum atomic E-state index is -0.745. The van der Waals surface area contributed by atoms with Gasteiger partial charge < -0.3 is 30.2 Å². The fraction of sp³-hybridized carbons (Fsp3) is 0.381. The van der Waals surface area contributed by atoms with Gasteiger partial charge in [-0.3, -0.25) is 0 Å². The van der Waals surface area contributed by atoms with Gasteiger partial charge in [-0.2, -0.15) is 0 Å². The fourth-order valence-corrected chi connectivity index (χ4v) is 8.00. The molecule has 7 rings (SSSR count). The van der Waals surface area contributed by atoms with Crippen molar-refractivity contribution in [2.75, 3.05) is 22.9 Å². The third-order valence-electron chi connectivity index (χ3n) is 10.9. The van der Waals surface area contributed by atoms with Gasteiger partial charge in [0.15, 0.2) is 0 Å². The van der Waals surface area contributed by atoms with Gasteiger partial charge in [0.2, 0.25) is 0 Å². The Morgan fingerprint density at radius 3 is 1.40 bits per heavy atom. The van der Waals surface area contributed by atoms with Crippen LogP contribution in [0.4, 0.5) is 11.4 Å². The predicted octanol–water partition coefficient (Wildman–Crippen LogP) is 6.99. The van der Waals surface area contributed by atoms with Crippen molar-refractivity contribution < 1.29 is 20.4 Å². The number of hydrogen-bond donors (Lipinski definition) is 4. The summed E-state index contributed by atoms with van der Waals surface area (Å²) in [6.45, 7) is 6.29. The first-order valence-corrected chi connectivity index (χ1v) is 17.8. The molecule has 2 aliphatic carbocycles. The molecule has 4 atom stereocenters. The Bertz CT molecular complexity index is 1600. The summed E-state index contributed by atoms with van der Waals surface area (Å²) in [5, 5.41) is 45.4. The smallest absolute Gasteiger partial charge is 0.0721 e. The van der Waals surface area contributed by atoms with Crippen molar-refractivity contribution in [2.45, 2.75) is 75.8 Å². The highest BCUT2D eigenvalue weighted by atomic mass is 16.3. The van der Waals surface area contributed by atoms with Crippen LogP contribution in [-0.2, 0) is 0 Å². The van der Waals surface area contributed by atoms with E-state index < -0.39 is 48.1 Å². The maximum atomic E-state index is 11.4. The van der Waals surface area contributed by atoms with Crippen molar-refractivity contribution in [2.24, 2.45) is 11.8 Å². The number of hydrogen-bond acceptors (Lipinski definition) is 6. The summed E-state index contributed by atoms with van der Waals surface area (Å²) in [7, 11) is 0. The standard InChI is InChI=1S/C42H48N2O4/c1-3-5-20-43-22-18-27(31-14-7-9-16-35(31)43)25-33-39(45)37(40(33)46)29-12-11-13-30(24-29)38-41(47)34(42(38)48)26-28-19-23-44(21-6-4-2)36-17-10-8-15-32(28)36/h7-19,22-26,33-34,37-42,45-48H,3-6,20-21H2,1-2H3. The molecule has 3 aromatic rings. The van der Waals surface area contributed by atoms with Gasteiger partial charge in [-0.15, -0.1) is 0 Å². The zero-order valence-electron chi connectivity index (χ0n) is 27.9. The van der Waals surface area contributed by atoms with Crippen LogP contribution in [0.5, 0.6) is 0 Å². The van der Waals surface area contributed by atoms with Crippen LogP contribution in [0.3, 0.4) is 0 Å². The molecule has 0 aromatic heterocycles. The van der Waals surface area contributed by atoms with E-state index in [1.807, 2.05) is 60.7 Å². The van der Waals surface area contributed by atoms with Gasteiger partial charge in [0, 0.05) is 71.7 Å². The second-order valence-corrected chi connectivity index (χ2v) is 13.8. The lowest BCUT2D eigenvalue weighted by molar-refractivity contribution is -0.0960. The minimum absolute atomic E-state index is 0.395. The molecule has 2 heterocycles. The summed E-state index contributed by atoms with van der Waals surface area (Å²) in [5.74, 6) is -1.67. The van der Waals surface area contributed by atoms with Crippen LogP contribution in [0.15, 0.2) is 110 Å². The summed E-state index contributed by atoms with van der Waals surface area (Å²) < 4.78 is 0. The zero-order chi connectivity index (χ0) is 33.4. The number of rotatable bonds is 10. The summed E-state index contributed by atoms with van der Waals surface area (Å²) >= 11 is 0. The second kappa shape index (κ2) is 13.9. The Labute approximate surface area is 284 Å². The lowest BCUT2D eigenvalue weighted by atomic mass is 9.62. The summed E-state index contributed by atoms with van der Waals surface area (Å²) in [6, 6.07) is 24.3. The molecule has 6 nitrogen and oxygen atoms in total. The van der Waals surface area contributed by atoms with Crippen LogP contribution in [0.25, 0.3) is 11.1 Å². The van der Waals surface area contributed by atoms with Crippen molar-refractivity contribution in [3.05, 3.63) is 132 Å². The highest BCUT2D eigenvalue weighted by Crippen LogP contribution is 2.49. The predicted molar refractivity (Wildman–Crippen MR) is 195 cm³/mol. The number of anilines is 2. The largest absolute Gasteiger partial charge is 0.392 e. The molecule has 0 bridgehead atoms. The first-order chi connectivity index (χ1) is 23.4. The van der Waals surface area contributed by atoms with E-state index in [0.29, 0.717) is 0 Å². The molecule has 250 valence electrons. The topological polar surface area (TPSA) is 87.4 Å². The van der Waals surface area contributed by atoms with Crippen molar-refractivity contribution >= 4 is 22.5 Å². The number of unbranched alkanes of at least 4 members (excludes halogenated alkanes) is 2. The Balaban J connectivity index is 1.06. The fourth-order valence-electron chi connectivity index (χ4n) is 8.00. The first-order valence-electron chi connectivity index (χ1n) is 17.8. The van der Waals surface area contributed by atoms with Gasteiger partial charge in [-0.05, 0) is 59.4 Å². The SMILES string of the molecule is CCCCN1C=CC(=CC2C(O)C(c3cccc(C4C(O)C(C=C5C=CN(CCCC)c6ccccc65)C4O)c3)C2O)c2ccccc21. The molecule has 0 amide bonds. The molecule has 4 aliphatic rings. The van der Waals surface area contributed by atoms with Gasteiger partial charge in [0.05, 0.1) is 24.4 Å². The maximum Gasteiger partial charge on any atom is 0.0721 e. The van der Waals surface area contributed by atoms with Gasteiger partial charge in [0.25, 0.3) is 0 Å². The molecule has 0 spiro atoms. The van der Waals surface area contributed by atoms with Crippen molar-refractivity contribution in [1.82, 2.24) is 0 Å². The lowest BCUT2D eigenvalue weighted by Gasteiger charge is -2.47. The summed E-state index contributed by atoms with van der Waals surface area (Å²) in [5.41, 5.74) is 8.19. The van der Waals surface area contributed by atoms with Crippen LogP contribution >= 0.6 is 0 Å². The molecule has 2 aliphatic heterocycles. The van der Waals surface area contributed by atoms with Gasteiger partial charge in [-0.25, -0.2) is 0 Å². The van der Waals surface area contributed by atoms with E-state index in [2.05, 4.69) is 72.5 Å². The van der Waals surface area contributed by atoms with Crippen molar-refractivity contribution in [1.29, 1.82) is 0 Å². The number of fused-ring (bicyclic) bond motifs is 2. The number of nitrogens with zero attached hydrogens (tertiary/aromatic N) is 2. The second-order valence-electron chi connectivity index (χ2n) is 13.8. The van der Waals surface area contributed by atoms with Crippen LogP contribution in [-0.4, -0.2) is 57.9 Å². The van der Waals surface area contributed by atoms with E-state index in [-0.39, 0.29) is 0 Å². The number of para-hydroxylation sites is 2. The Hall–Kier alpha value is -3.94. The molecule has 3 aromatic carbocycles. The molecule has 2 fully saturated rings. The van der Waals surface area contributed by atoms with Crippen LogP contribution in [0.2, 0.25) is 0 Å². The van der Waals surface area contributed by atoms with Crippen LogP contribution in [0.1, 0.15) is 73.6 Å². The van der Waals surface area contributed by atoms with E-state index in [1.54, 1.807) is 0 Å². The number of benzene rings is 3. The van der Waals surface area contributed by atoms with Crippen LogP contribution < -0.4 is 9.80 Å². The van der Waals surface area contributed by atoms with Crippen molar-refractivity contribution in [3.8, 4) is 0 Å². The Morgan fingerprint density at radius 2 is 0.979 bits per heavy atom. The molecule has 2 saturated carbocycles. The molecule has 48 heavy (non-hydrogen) atoms. The molecule has 4 unspecified atom stereocenters. The number of allylic oxidation sites excluding steroid dienone is 4. The molecule has 4 N–H and O–H groups in total. The number of aliphatic hydroxyl groups excluding tert-OH is 4. The average Bonchev–Trinajstić information content (AvgIpc) is 3.12. The maximum absolute atomic E-state index is 11.4. The quantitative estimate of drug-likeness (QED) is 0.190. The van der Waals surface area contributed by atoms with E-state index in [0.717, 1.165) is 83.5 Å². The molecule has 6 heteroatoms. The Kier molecular flexibility index (Phi) is 9.43. The van der Waals surface area contributed by atoms with E-state index in [9.17, 15) is 20.4 Å². The summed E-state index contributed by atoms with van der Waals surface area (Å²) in [4.78, 5) is 4.55. The van der Waals surface area contributed by atoms with E-state index >= 15 is 0 Å². The van der Waals surface area contributed by atoms with Crippen LogP contribution in [0, 0.1) is 11.8 Å². The van der Waals surface area contributed by atoms with E-state index in [1.165, 1.54) is 0 Å². The summed E-state index contributed by atoms with van der Waals surface area (Å²) in [6.07, 6.45) is 13.9.